The number of pyridine rings is 1. The monoisotopic (exact) mass is 423 g/mol. The number of rotatable bonds is 6. The second-order valence-corrected chi connectivity index (χ2v) is 7.16. The SMILES string of the molecule is Cc1cccc([N+](=O)[O-])c1NC(=O)COC(=O)C1CCN(c2ccc(C#N)cn2)CC1. The van der Waals surface area contributed by atoms with E-state index in [4.69, 9.17) is 10.00 Å². The number of nitrogens with zero attached hydrogens (tertiary/aromatic N) is 4. The van der Waals surface area contributed by atoms with Crippen LogP contribution in [0.4, 0.5) is 17.2 Å². The first-order valence-electron chi connectivity index (χ1n) is 9.70. The predicted molar refractivity (Wildman–Crippen MR) is 111 cm³/mol. The highest BCUT2D eigenvalue weighted by molar-refractivity contribution is 5.95. The van der Waals surface area contributed by atoms with Gasteiger partial charge in [0, 0.05) is 25.4 Å². The molecular weight excluding hydrogens is 402 g/mol. The number of hydrogen-bond acceptors (Lipinski definition) is 8. The number of aromatic nitrogens is 1. The third-order valence-electron chi connectivity index (χ3n) is 5.09. The number of ether oxygens (including phenoxy) is 1. The highest BCUT2D eigenvalue weighted by Crippen LogP contribution is 2.27. The second-order valence-electron chi connectivity index (χ2n) is 7.16. The Kier molecular flexibility index (Phi) is 6.77. The molecule has 0 bridgehead atoms. The number of benzene rings is 1. The van der Waals surface area contributed by atoms with Crippen molar-refractivity contribution in [3.8, 4) is 6.07 Å². The lowest BCUT2D eigenvalue weighted by molar-refractivity contribution is -0.384. The molecule has 0 saturated carbocycles. The van der Waals surface area contributed by atoms with Crippen molar-refractivity contribution in [1.82, 2.24) is 4.98 Å². The average Bonchev–Trinajstić information content (AvgIpc) is 2.79. The maximum Gasteiger partial charge on any atom is 0.309 e. The summed E-state index contributed by atoms with van der Waals surface area (Å²) < 4.78 is 5.14. The summed E-state index contributed by atoms with van der Waals surface area (Å²) in [5.41, 5.74) is 0.898. The molecule has 1 saturated heterocycles. The molecule has 31 heavy (non-hydrogen) atoms. The summed E-state index contributed by atoms with van der Waals surface area (Å²) in [5, 5.41) is 22.4. The van der Waals surface area contributed by atoms with Crippen LogP contribution in [-0.4, -0.2) is 41.5 Å². The van der Waals surface area contributed by atoms with Gasteiger partial charge in [-0.1, -0.05) is 12.1 Å². The molecule has 1 aliphatic heterocycles. The molecule has 1 fully saturated rings. The van der Waals surface area contributed by atoms with Crippen molar-refractivity contribution in [2.24, 2.45) is 5.92 Å². The number of aryl methyl sites for hydroxylation is 1. The number of nitro groups is 1. The van der Waals surface area contributed by atoms with Gasteiger partial charge in [-0.15, -0.1) is 0 Å². The topological polar surface area (TPSA) is 138 Å². The highest BCUT2D eigenvalue weighted by Gasteiger charge is 2.27. The first kappa shape index (κ1) is 21.7. The number of esters is 1. The molecule has 1 N–H and O–H groups in total. The van der Waals surface area contributed by atoms with Crippen LogP contribution in [-0.2, 0) is 14.3 Å². The molecule has 10 heteroatoms. The summed E-state index contributed by atoms with van der Waals surface area (Å²) in [7, 11) is 0. The zero-order valence-corrected chi connectivity index (χ0v) is 16.9. The van der Waals surface area contributed by atoms with Crippen LogP contribution >= 0.6 is 0 Å². The minimum atomic E-state index is -0.634. The van der Waals surface area contributed by atoms with Crippen LogP contribution in [0.1, 0.15) is 24.0 Å². The molecule has 0 aliphatic carbocycles. The number of hydrogen-bond donors (Lipinski definition) is 1. The van der Waals surface area contributed by atoms with Gasteiger partial charge in [0.1, 0.15) is 17.6 Å². The van der Waals surface area contributed by atoms with Crippen LogP contribution in [0, 0.1) is 34.3 Å². The van der Waals surface area contributed by atoms with Crippen molar-refractivity contribution in [3.05, 3.63) is 57.8 Å². The van der Waals surface area contributed by atoms with E-state index in [1.54, 1.807) is 25.1 Å². The van der Waals surface area contributed by atoms with Gasteiger partial charge in [-0.3, -0.25) is 19.7 Å². The molecular formula is C21H21N5O5. The van der Waals surface area contributed by atoms with Gasteiger partial charge >= 0.3 is 5.97 Å². The Morgan fingerprint density at radius 1 is 1.32 bits per heavy atom. The maximum absolute atomic E-state index is 12.3. The summed E-state index contributed by atoms with van der Waals surface area (Å²) in [6.07, 6.45) is 2.60. The molecule has 1 aromatic carbocycles. The van der Waals surface area contributed by atoms with Crippen LogP contribution in [0.2, 0.25) is 0 Å². The van der Waals surface area contributed by atoms with Gasteiger partial charge in [-0.25, -0.2) is 4.98 Å². The summed E-state index contributed by atoms with van der Waals surface area (Å²) >= 11 is 0. The van der Waals surface area contributed by atoms with Crippen molar-refractivity contribution < 1.29 is 19.2 Å². The molecule has 1 aliphatic rings. The quantitative estimate of drug-likeness (QED) is 0.425. The number of nitro benzene ring substituents is 1. The van der Waals surface area contributed by atoms with E-state index >= 15 is 0 Å². The van der Waals surface area contributed by atoms with Gasteiger partial charge in [0.05, 0.1) is 16.4 Å². The van der Waals surface area contributed by atoms with Crippen LogP contribution < -0.4 is 10.2 Å². The molecule has 1 amide bonds. The molecule has 0 atom stereocenters. The number of carbonyl (C=O) groups is 2. The summed E-state index contributed by atoms with van der Waals surface area (Å²) in [4.78, 5) is 41.3. The molecule has 1 aromatic heterocycles. The van der Waals surface area contributed by atoms with Crippen LogP contribution in [0.3, 0.4) is 0 Å². The standard InChI is InChI=1S/C21H21N5O5/c1-14-3-2-4-17(26(29)30)20(14)24-19(27)13-31-21(28)16-7-9-25(10-8-16)18-6-5-15(11-22)12-23-18/h2-6,12,16H,7-10,13H2,1H3,(H,24,27). The van der Waals surface area contributed by atoms with E-state index in [0.717, 1.165) is 5.82 Å². The lowest BCUT2D eigenvalue weighted by Crippen LogP contribution is -2.38. The molecule has 2 aromatic rings. The normalized spacial score (nSPS) is 13.9. The summed E-state index contributed by atoms with van der Waals surface area (Å²) in [6, 6.07) is 9.96. The van der Waals surface area contributed by atoms with Crippen molar-refractivity contribution in [2.75, 3.05) is 29.9 Å². The summed E-state index contributed by atoms with van der Waals surface area (Å²) in [5.74, 6) is -0.702. The van der Waals surface area contributed by atoms with E-state index in [2.05, 4.69) is 10.3 Å². The molecule has 3 rings (SSSR count). The smallest absolute Gasteiger partial charge is 0.309 e. The van der Waals surface area contributed by atoms with Gasteiger partial charge in [-0.2, -0.15) is 5.26 Å². The second kappa shape index (κ2) is 9.67. The molecule has 10 nitrogen and oxygen atoms in total. The van der Waals surface area contributed by atoms with E-state index in [-0.39, 0.29) is 17.3 Å². The molecule has 0 radical (unpaired) electrons. The predicted octanol–water partition coefficient (Wildman–Crippen LogP) is 2.57. The van der Waals surface area contributed by atoms with Gasteiger partial charge < -0.3 is 15.0 Å². The Hall–Kier alpha value is -4.00. The van der Waals surface area contributed by atoms with Crippen LogP contribution in [0.5, 0.6) is 0 Å². The Balaban J connectivity index is 1.49. The van der Waals surface area contributed by atoms with Gasteiger partial charge in [0.15, 0.2) is 6.61 Å². The van der Waals surface area contributed by atoms with E-state index in [1.807, 2.05) is 11.0 Å². The summed E-state index contributed by atoms with van der Waals surface area (Å²) in [6.45, 7) is 2.33. The fourth-order valence-electron chi connectivity index (χ4n) is 3.38. The van der Waals surface area contributed by atoms with Gasteiger partial charge in [0.2, 0.25) is 0 Å². The first-order valence-corrected chi connectivity index (χ1v) is 9.70. The number of piperidine rings is 1. The van der Waals surface area contributed by atoms with Gasteiger partial charge in [0.25, 0.3) is 11.6 Å². The van der Waals surface area contributed by atoms with Crippen LogP contribution in [0.15, 0.2) is 36.5 Å². The van der Waals surface area contributed by atoms with Crippen molar-refractivity contribution >= 4 is 29.1 Å². The zero-order valence-electron chi connectivity index (χ0n) is 16.9. The number of carbonyl (C=O) groups excluding carboxylic acids is 2. The number of nitriles is 1. The lowest BCUT2D eigenvalue weighted by Gasteiger charge is -2.31. The Morgan fingerprint density at radius 2 is 2.06 bits per heavy atom. The molecule has 2 heterocycles. The minimum absolute atomic E-state index is 0.0942. The van der Waals surface area contributed by atoms with E-state index in [9.17, 15) is 19.7 Å². The molecule has 0 spiro atoms. The Labute approximate surface area is 178 Å². The van der Waals surface area contributed by atoms with Crippen molar-refractivity contribution in [2.45, 2.75) is 19.8 Å². The number of nitrogens with one attached hydrogen (secondary N) is 1. The van der Waals surface area contributed by atoms with Crippen LogP contribution in [0.25, 0.3) is 0 Å². The fourth-order valence-corrected chi connectivity index (χ4v) is 3.38. The third-order valence-corrected chi connectivity index (χ3v) is 5.09. The average molecular weight is 423 g/mol. The Morgan fingerprint density at radius 3 is 2.68 bits per heavy atom. The third kappa shape index (κ3) is 5.33. The van der Waals surface area contributed by atoms with E-state index in [1.165, 1.54) is 18.3 Å². The van der Waals surface area contributed by atoms with Crippen molar-refractivity contribution in [3.63, 3.8) is 0 Å². The van der Waals surface area contributed by atoms with E-state index < -0.39 is 23.4 Å². The van der Waals surface area contributed by atoms with E-state index in [0.29, 0.717) is 37.1 Å². The Bertz CT molecular complexity index is 1020. The highest BCUT2D eigenvalue weighted by atomic mass is 16.6. The number of anilines is 2. The first-order chi connectivity index (χ1) is 14.9. The number of para-hydroxylation sites is 1. The maximum atomic E-state index is 12.3. The lowest BCUT2D eigenvalue weighted by atomic mass is 9.97. The molecule has 160 valence electrons. The number of amides is 1. The molecule has 0 unspecified atom stereocenters. The fraction of sp³-hybridized carbons (Fsp3) is 0.333. The minimum Gasteiger partial charge on any atom is -0.455 e. The van der Waals surface area contributed by atoms with Gasteiger partial charge in [-0.05, 0) is 37.5 Å². The van der Waals surface area contributed by atoms with Crippen molar-refractivity contribution in [1.29, 1.82) is 5.26 Å². The zero-order chi connectivity index (χ0) is 22.4. The largest absolute Gasteiger partial charge is 0.455 e.